The second kappa shape index (κ2) is 7.43. The Hall–Kier alpha value is -2.45. The SMILES string of the molecule is CC1CNCCN1C(=O)c1cccc(S(=O)(=O)Nc2ccc(F)cc2)c1. The molecule has 1 aliphatic heterocycles. The Balaban J connectivity index is 1.83. The summed E-state index contributed by atoms with van der Waals surface area (Å²) in [6.45, 7) is 3.93. The fourth-order valence-corrected chi connectivity index (χ4v) is 3.94. The molecule has 138 valence electrons. The number of carbonyl (C=O) groups is 1. The summed E-state index contributed by atoms with van der Waals surface area (Å²) in [5.41, 5.74) is 0.569. The predicted molar refractivity (Wildman–Crippen MR) is 97.0 cm³/mol. The van der Waals surface area contributed by atoms with Crippen molar-refractivity contribution in [3.63, 3.8) is 0 Å². The first-order valence-corrected chi connectivity index (χ1v) is 9.75. The Morgan fingerprint density at radius 1 is 1.23 bits per heavy atom. The Kier molecular flexibility index (Phi) is 5.24. The van der Waals surface area contributed by atoms with E-state index in [-0.39, 0.29) is 22.5 Å². The van der Waals surface area contributed by atoms with E-state index in [4.69, 9.17) is 0 Å². The van der Waals surface area contributed by atoms with Gasteiger partial charge in [0.15, 0.2) is 0 Å². The van der Waals surface area contributed by atoms with E-state index in [1.165, 1.54) is 36.4 Å². The fourth-order valence-electron chi connectivity index (χ4n) is 2.84. The zero-order valence-corrected chi connectivity index (χ0v) is 15.1. The molecule has 0 spiro atoms. The summed E-state index contributed by atoms with van der Waals surface area (Å²) in [5, 5.41) is 3.21. The zero-order chi connectivity index (χ0) is 18.7. The summed E-state index contributed by atoms with van der Waals surface area (Å²) in [7, 11) is -3.88. The molecule has 0 bridgehead atoms. The lowest BCUT2D eigenvalue weighted by atomic mass is 10.1. The van der Waals surface area contributed by atoms with E-state index in [9.17, 15) is 17.6 Å². The molecule has 0 aromatic heterocycles. The van der Waals surface area contributed by atoms with Crippen LogP contribution in [0.25, 0.3) is 0 Å². The molecular formula is C18H20FN3O3S. The maximum absolute atomic E-state index is 13.0. The average Bonchev–Trinajstić information content (AvgIpc) is 2.63. The molecule has 1 unspecified atom stereocenters. The van der Waals surface area contributed by atoms with E-state index >= 15 is 0 Å². The Bertz CT molecular complexity index is 900. The molecule has 0 aliphatic carbocycles. The van der Waals surface area contributed by atoms with Crippen LogP contribution in [0.4, 0.5) is 10.1 Å². The number of hydrogen-bond acceptors (Lipinski definition) is 4. The molecule has 1 aliphatic rings. The van der Waals surface area contributed by atoms with Crippen LogP contribution in [-0.2, 0) is 10.0 Å². The van der Waals surface area contributed by atoms with Gasteiger partial charge in [0.1, 0.15) is 5.82 Å². The van der Waals surface area contributed by atoms with Gasteiger partial charge in [-0.1, -0.05) is 6.07 Å². The minimum absolute atomic E-state index is 0.0181. The number of rotatable bonds is 4. The number of halogens is 1. The Labute approximate surface area is 152 Å². The third-order valence-electron chi connectivity index (χ3n) is 4.25. The van der Waals surface area contributed by atoms with Crippen LogP contribution in [0.1, 0.15) is 17.3 Å². The van der Waals surface area contributed by atoms with Gasteiger partial charge in [-0.3, -0.25) is 9.52 Å². The van der Waals surface area contributed by atoms with E-state index in [0.717, 1.165) is 0 Å². The van der Waals surface area contributed by atoms with Crippen LogP contribution < -0.4 is 10.0 Å². The van der Waals surface area contributed by atoms with Gasteiger partial charge >= 0.3 is 0 Å². The second-order valence-corrected chi connectivity index (χ2v) is 7.87. The molecule has 1 heterocycles. The van der Waals surface area contributed by atoms with Gasteiger partial charge in [0.25, 0.3) is 15.9 Å². The standard InChI is InChI=1S/C18H20FN3O3S/c1-13-12-20-9-10-22(13)18(23)14-3-2-4-17(11-14)26(24,25)21-16-7-5-15(19)6-8-16/h2-8,11,13,20-21H,9-10,12H2,1H3. The van der Waals surface area contributed by atoms with Crippen molar-refractivity contribution >= 4 is 21.6 Å². The van der Waals surface area contributed by atoms with Gasteiger partial charge in [-0.25, -0.2) is 12.8 Å². The van der Waals surface area contributed by atoms with Crippen molar-refractivity contribution in [2.24, 2.45) is 0 Å². The van der Waals surface area contributed by atoms with Crippen LogP contribution in [0.2, 0.25) is 0 Å². The van der Waals surface area contributed by atoms with E-state index in [0.29, 0.717) is 25.2 Å². The quantitative estimate of drug-likeness (QED) is 0.855. The van der Waals surface area contributed by atoms with Crippen molar-refractivity contribution in [2.45, 2.75) is 17.9 Å². The van der Waals surface area contributed by atoms with E-state index in [1.807, 2.05) is 6.92 Å². The molecule has 1 fully saturated rings. The van der Waals surface area contributed by atoms with E-state index < -0.39 is 15.8 Å². The number of hydrogen-bond donors (Lipinski definition) is 2. The van der Waals surface area contributed by atoms with Crippen molar-refractivity contribution in [3.05, 3.63) is 59.9 Å². The van der Waals surface area contributed by atoms with Crippen LogP contribution in [-0.4, -0.2) is 44.9 Å². The largest absolute Gasteiger partial charge is 0.333 e. The maximum atomic E-state index is 13.0. The number of nitrogens with zero attached hydrogens (tertiary/aromatic N) is 1. The van der Waals surface area contributed by atoms with Crippen molar-refractivity contribution in [3.8, 4) is 0 Å². The minimum Gasteiger partial charge on any atom is -0.333 e. The summed E-state index contributed by atoms with van der Waals surface area (Å²) in [6.07, 6.45) is 0. The number of carbonyl (C=O) groups excluding carboxylic acids is 1. The van der Waals surface area contributed by atoms with Gasteiger partial charge in [0.2, 0.25) is 0 Å². The molecule has 3 rings (SSSR count). The highest BCUT2D eigenvalue weighted by molar-refractivity contribution is 7.92. The highest BCUT2D eigenvalue weighted by Gasteiger charge is 2.25. The van der Waals surface area contributed by atoms with Crippen molar-refractivity contribution in [1.29, 1.82) is 0 Å². The number of benzene rings is 2. The molecule has 2 aromatic rings. The lowest BCUT2D eigenvalue weighted by molar-refractivity contribution is 0.0655. The fraction of sp³-hybridized carbons (Fsp3) is 0.278. The molecular weight excluding hydrogens is 357 g/mol. The van der Waals surface area contributed by atoms with Crippen molar-refractivity contribution in [2.75, 3.05) is 24.4 Å². The third-order valence-corrected chi connectivity index (χ3v) is 5.63. The van der Waals surface area contributed by atoms with Gasteiger partial charge in [0, 0.05) is 36.9 Å². The molecule has 6 nitrogen and oxygen atoms in total. The number of sulfonamides is 1. The summed E-state index contributed by atoms with van der Waals surface area (Å²) >= 11 is 0. The molecule has 0 radical (unpaired) electrons. The molecule has 1 atom stereocenters. The smallest absolute Gasteiger partial charge is 0.261 e. The predicted octanol–water partition coefficient (Wildman–Crippen LogP) is 2.06. The third kappa shape index (κ3) is 4.03. The average molecular weight is 377 g/mol. The molecule has 2 N–H and O–H groups in total. The normalized spacial score (nSPS) is 17.8. The molecule has 8 heteroatoms. The number of nitrogens with one attached hydrogen (secondary N) is 2. The number of anilines is 1. The van der Waals surface area contributed by atoms with Gasteiger partial charge in [-0.2, -0.15) is 0 Å². The summed E-state index contributed by atoms with van der Waals surface area (Å²) in [5.74, 6) is -0.650. The van der Waals surface area contributed by atoms with Gasteiger partial charge < -0.3 is 10.2 Å². The first kappa shape index (κ1) is 18.3. The lowest BCUT2D eigenvalue weighted by Crippen LogP contribution is -2.52. The van der Waals surface area contributed by atoms with Crippen LogP contribution in [0, 0.1) is 5.82 Å². The molecule has 0 saturated carbocycles. The summed E-state index contributed by atoms with van der Waals surface area (Å²) < 4.78 is 40.5. The summed E-state index contributed by atoms with van der Waals surface area (Å²) in [4.78, 5) is 14.4. The van der Waals surface area contributed by atoms with E-state index in [1.54, 1.807) is 17.0 Å². The lowest BCUT2D eigenvalue weighted by Gasteiger charge is -2.34. The first-order chi connectivity index (χ1) is 12.4. The Morgan fingerprint density at radius 2 is 1.96 bits per heavy atom. The first-order valence-electron chi connectivity index (χ1n) is 8.27. The maximum Gasteiger partial charge on any atom is 0.261 e. The minimum atomic E-state index is -3.88. The highest BCUT2D eigenvalue weighted by Crippen LogP contribution is 2.19. The zero-order valence-electron chi connectivity index (χ0n) is 14.3. The van der Waals surface area contributed by atoms with Crippen LogP contribution in [0.15, 0.2) is 53.4 Å². The topological polar surface area (TPSA) is 78.5 Å². The number of amides is 1. The van der Waals surface area contributed by atoms with Crippen molar-refractivity contribution in [1.82, 2.24) is 10.2 Å². The van der Waals surface area contributed by atoms with Crippen LogP contribution in [0.3, 0.4) is 0 Å². The van der Waals surface area contributed by atoms with E-state index in [2.05, 4.69) is 10.0 Å². The van der Waals surface area contributed by atoms with Crippen LogP contribution in [0.5, 0.6) is 0 Å². The second-order valence-electron chi connectivity index (χ2n) is 6.19. The highest BCUT2D eigenvalue weighted by atomic mass is 32.2. The van der Waals surface area contributed by atoms with Gasteiger partial charge in [0.05, 0.1) is 4.90 Å². The monoisotopic (exact) mass is 377 g/mol. The number of piperazine rings is 1. The molecule has 1 saturated heterocycles. The molecule has 2 aromatic carbocycles. The summed E-state index contributed by atoms with van der Waals surface area (Å²) in [6, 6.07) is 11.0. The van der Waals surface area contributed by atoms with Crippen LogP contribution >= 0.6 is 0 Å². The molecule has 1 amide bonds. The van der Waals surface area contributed by atoms with Gasteiger partial charge in [-0.15, -0.1) is 0 Å². The molecule has 26 heavy (non-hydrogen) atoms. The van der Waals surface area contributed by atoms with Crippen molar-refractivity contribution < 1.29 is 17.6 Å². The van der Waals surface area contributed by atoms with Gasteiger partial charge in [-0.05, 0) is 49.4 Å². The Morgan fingerprint density at radius 3 is 2.65 bits per heavy atom.